The monoisotopic (exact) mass is 358 g/mol. The number of rotatable bonds is 3. The molecule has 3 heterocycles. The molecule has 2 aliphatic rings. The lowest BCUT2D eigenvalue weighted by atomic mass is 9.88. The quantitative estimate of drug-likeness (QED) is 0.819. The molecule has 26 heavy (non-hydrogen) atoms. The third-order valence-corrected chi connectivity index (χ3v) is 4.98. The van der Waals surface area contributed by atoms with Crippen LogP contribution in [0.4, 0.5) is 9.18 Å². The number of carbonyl (C=O) groups excluding carboxylic acids is 2. The number of aromatic nitrogens is 1. The van der Waals surface area contributed by atoms with E-state index in [0.29, 0.717) is 42.9 Å². The summed E-state index contributed by atoms with van der Waals surface area (Å²) in [7, 11) is 0. The second-order valence-electron chi connectivity index (χ2n) is 6.69. The fourth-order valence-corrected chi connectivity index (χ4v) is 3.48. The van der Waals surface area contributed by atoms with Gasteiger partial charge in [0.1, 0.15) is 22.8 Å². The molecule has 0 unspecified atom stereocenters. The Bertz CT molecular complexity index is 873. The molecule has 136 valence electrons. The van der Waals surface area contributed by atoms with Crippen molar-refractivity contribution in [2.24, 2.45) is 0 Å². The van der Waals surface area contributed by atoms with Gasteiger partial charge < -0.3 is 15.1 Å². The summed E-state index contributed by atoms with van der Waals surface area (Å²) in [5.74, 6) is 0.150. The van der Waals surface area contributed by atoms with Crippen molar-refractivity contribution in [1.29, 1.82) is 0 Å². The minimum Gasteiger partial charge on any atom is -0.441 e. The van der Waals surface area contributed by atoms with E-state index in [9.17, 15) is 14.0 Å². The molecular formula is C18H19FN4O3. The summed E-state index contributed by atoms with van der Waals surface area (Å²) < 4.78 is 19.0. The summed E-state index contributed by atoms with van der Waals surface area (Å²) >= 11 is 0. The highest BCUT2D eigenvalue weighted by atomic mass is 19.1. The molecule has 4 rings (SSSR count). The molecule has 0 aliphatic carbocycles. The van der Waals surface area contributed by atoms with Gasteiger partial charge in [0.15, 0.2) is 0 Å². The van der Waals surface area contributed by atoms with Crippen LogP contribution in [-0.4, -0.2) is 40.5 Å². The maximum Gasteiger partial charge on any atom is 0.325 e. The summed E-state index contributed by atoms with van der Waals surface area (Å²) in [4.78, 5) is 30.8. The van der Waals surface area contributed by atoms with E-state index in [4.69, 9.17) is 4.42 Å². The third kappa shape index (κ3) is 2.76. The van der Waals surface area contributed by atoms with Gasteiger partial charge in [-0.15, -0.1) is 0 Å². The Morgan fingerprint density at radius 3 is 2.81 bits per heavy atom. The number of oxazole rings is 1. The first-order valence-electron chi connectivity index (χ1n) is 8.56. The molecule has 2 aliphatic heterocycles. The van der Waals surface area contributed by atoms with Gasteiger partial charge in [0, 0.05) is 5.56 Å². The fraction of sp³-hybridized carbons (Fsp3) is 0.389. The van der Waals surface area contributed by atoms with Crippen molar-refractivity contribution in [3.8, 4) is 11.5 Å². The second-order valence-corrected chi connectivity index (χ2v) is 6.69. The smallest absolute Gasteiger partial charge is 0.325 e. The van der Waals surface area contributed by atoms with Gasteiger partial charge >= 0.3 is 6.03 Å². The van der Waals surface area contributed by atoms with E-state index in [0.717, 1.165) is 0 Å². The van der Waals surface area contributed by atoms with E-state index in [2.05, 4.69) is 15.6 Å². The SMILES string of the molecule is Cc1oc(-c2cccc(F)c2)nc1CN1C(=O)NC2(CCNCC2)C1=O. The Balaban J connectivity index is 1.58. The number of imide groups is 1. The summed E-state index contributed by atoms with van der Waals surface area (Å²) in [5.41, 5.74) is 0.177. The van der Waals surface area contributed by atoms with Crippen LogP contribution in [0.1, 0.15) is 24.3 Å². The number of urea groups is 1. The first kappa shape index (κ1) is 16.7. The topological polar surface area (TPSA) is 87.5 Å². The first-order chi connectivity index (χ1) is 12.5. The van der Waals surface area contributed by atoms with Gasteiger partial charge in [0.05, 0.1) is 6.54 Å². The zero-order chi connectivity index (χ0) is 18.3. The zero-order valence-corrected chi connectivity index (χ0v) is 14.3. The Labute approximate surface area is 149 Å². The van der Waals surface area contributed by atoms with Crippen molar-refractivity contribution in [3.05, 3.63) is 41.5 Å². The van der Waals surface area contributed by atoms with E-state index in [1.165, 1.54) is 17.0 Å². The fourth-order valence-electron chi connectivity index (χ4n) is 3.48. The van der Waals surface area contributed by atoms with Crippen molar-refractivity contribution in [2.45, 2.75) is 31.8 Å². The largest absolute Gasteiger partial charge is 0.441 e. The van der Waals surface area contributed by atoms with Crippen molar-refractivity contribution in [3.63, 3.8) is 0 Å². The van der Waals surface area contributed by atoms with E-state index in [1.54, 1.807) is 19.1 Å². The number of carbonyl (C=O) groups is 2. The number of hydrogen-bond donors (Lipinski definition) is 2. The maximum atomic E-state index is 13.4. The van der Waals surface area contributed by atoms with Crippen molar-refractivity contribution in [1.82, 2.24) is 20.5 Å². The molecule has 1 aromatic heterocycles. The number of hydrogen-bond acceptors (Lipinski definition) is 5. The van der Waals surface area contributed by atoms with Gasteiger partial charge in [0.2, 0.25) is 5.89 Å². The normalized spacial score (nSPS) is 19.2. The number of halogens is 1. The minimum absolute atomic E-state index is 0.0322. The number of nitrogens with zero attached hydrogens (tertiary/aromatic N) is 2. The zero-order valence-electron chi connectivity index (χ0n) is 14.3. The van der Waals surface area contributed by atoms with E-state index in [1.807, 2.05) is 0 Å². The maximum absolute atomic E-state index is 13.4. The summed E-state index contributed by atoms with van der Waals surface area (Å²) in [6, 6.07) is 5.52. The average molecular weight is 358 g/mol. The number of aryl methyl sites for hydroxylation is 1. The van der Waals surface area contributed by atoms with Crippen LogP contribution >= 0.6 is 0 Å². The highest BCUT2D eigenvalue weighted by Gasteiger charge is 2.51. The highest BCUT2D eigenvalue weighted by molar-refractivity contribution is 6.07. The van der Waals surface area contributed by atoms with E-state index >= 15 is 0 Å². The number of amides is 3. The van der Waals surface area contributed by atoms with Crippen LogP contribution in [0, 0.1) is 12.7 Å². The lowest BCUT2D eigenvalue weighted by molar-refractivity contribution is -0.132. The van der Waals surface area contributed by atoms with Crippen LogP contribution in [0.2, 0.25) is 0 Å². The summed E-state index contributed by atoms with van der Waals surface area (Å²) in [5, 5.41) is 6.04. The Kier molecular flexibility index (Phi) is 3.99. The molecule has 2 saturated heterocycles. The van der Waals surface area contributed by atoms with Crippen molar-refractivity contribution < 1.29 is 18.4 Å². The van der Waals surface area contributed by atoms with E-state index < -0.39 is 11.6 Å². The Morgan fingerprint density at radius 1 is 1.31 bits per heavy atom. The van der Waals surface area contributed by atoms with Gasteiger partial charge in [-0.2, -0.15) is 0 Å². The van der Waals surface area contributed by atoms with Crippen LogP contribution in [0.5, 0.6) is 0 Å². The number of benzene rings is 1. The van der Waals surface area contributed by atoms with Crippen LogP contribution in [0.3, 0.4) is 0 Å². The lowest BCUT2D eigenvalue weighted by Crippen LogP contribution is -2.53. The van der Waals surface area contributed by atoms with E-state index in [-0.39, 0.29) is 24.2 Å². The number of piperidine rings is 1. The minimum atomic E-state index is -0.814. The molecule has 3 amide bonds. The Hall–Kier alpha value is -2.74. The molecule has 8 heteroatoms. The van der Waals surface area contributed by atoms with Crippen LogP contribution < -0.4 is 10.6 Å². The summed E-state index contributed by atoms with van der Waals surface area (Å²) in [6.07, 6.45) is 1.14. The third-order valence-electron chi connectivity index (χ3n) is 4.98. The predicted octanol–water partition coefficient (Wildman–Crippen LogP) is 1.96. The molecule has 2 aromatic rings. The molecule has 0 saturated carbocycles. The van der Waals surface area contributed by atoms with Crippen LogP contribution in [0.25, 0.3) is 11.5 Å². The lowest BCUT2D eigenvalue weighted by Gasteiger charge is -2.31. The van der Waals surface area contributed by atoms with Gasteiger partial charge in [-0.3, -0.25) is 9.69 Å². The van der Waals surface area contributed by atoms with Crippen molar-refractivity contribution in [2.75, 3.05) is 13.1 Å². The van der Waals surface area contributed by atoms with Crippen LogP contribution in [-0.2, 0) is 11.3 Å². The molecular weight excluding hydrogens is 339 g/mol. The van der Waals surface area contributed by atoms with Crippen LogP contribution in [0.15, 0.2) is 28.7 Å². The van der Waals surface area contributed by atoms with Gasteiger partial charge in [-0.05, 0) is 51.1 Å². The van der Waals surface area contributed by atoms with Gasteiger partial charge in [-0.1, -0.05) is 6.07 Å². The number of nitrogens with one attached hydrogen (secondary N) is 2. The molecule has 0 atom stereocenters. The average Bonchev–Trinajstić information content (AvgIpc) is 3.09. The summed E-state index contributed by atoms with van der Waals surface area (Å²) in [6.45, 7) is 3.12. The molecule has 7 nitrogen and oxygen atoms in total. The van der Waals surface area contributed by atoms with Gasteiger partial charge in [0.25, 0.3) is 5.91 Å². The van der Waals surface area contributed by atoms with Crippen molar-refractivity contribution >= 4 is 11.9 Å². The second kappa shape index (κ2) is 6.21. The highest BCUT2D eigenvalue weighted by Crippen LogP contribution is 2.29. The van der Waals surface area contributed by atoms with Gasteiger partial charge in [-0.25, -0.2) is 14.2 Å². The molecule has 2 fully saturated rings. The Morgan fingerprint density at radius 2 is 2.08 bits per heavy atom. The molecule has 1 spiro atoms. The predicted molar refractivity (Wildman–Crippen MR) is 90.6 cm³/mol. The first-order valence-corrected chi connectivity index (χ1v) is 8.56. The molecule has 1 aromatic carbocycles. The molecule has 0 bridgehead atoms. The standard InChI is InChI=1S/C18H19FN4O3/c1-11-14(21-15(26-11)12-3-2-4-13(19)9-12)10-23-16(24)18(22-17(23)25)5-7-20-8-6-18/h2-4,9,20H,5-8,10H2,1H3,(H,22,25). The molecule has 2 N–H and O–H groups in total. The molecule has 0 radical (unpaired) electrons.